The summed E-state index contributed by atoms with van der Waals surface area (Å²) in [5, 5.41) is 5.99. The van der Waals surface area contributed by atoms with Gasteiger partial charge < -0.3 is 5.32 Å². The molecule has 0 radical (unpaired) electrons. The van der Waals surface area contributed by atoms with Crippen LogP contribution in [0.25, 0.3) is 0 Å². The Morgan fingerprint density at radius 2 is 2.17 bits per heavy atom. The second kappa shape index (κ2) is 4.97. The van der Waals surface area contributed by atoms with E-state index >= 15 is 0 Å². The van der Waals surface area contributed by atoms with Crippen LogP contribution < -0.4 is 5.32 Å². The van der Waals surface area contributed by atoms with Crippen LogP contribution in [0.15, 0.2) is 17.5 Å². The predicted octanol–water partition coefficient (Wildman–Crippen LogP) is 4.41. The van der Waals surface area contributed by atoms with Crippen molar-refractivity contribution in [2.24, 2.45) is 11.3 Å². The fraction of sp³-hybridized carbons (Fsp3) is 0.750. The summed E-state index contributed by atoms with van der Waals surface area (Å²) >= 11 is 1.96. The molecule has 2 atom stereocenters. The summed E-state index contributed by atoms with van der Waals surface area (Å²) in [6.07, 6.45) is 6.97. The fourth-order valence-corrected chi connectivity index (χ4v) is 4.25. The van der Waals surface area contributed by atoms with Crippen molar-refractivity contribution >= 4 is 11.3 Å². The molecule has 3 rings (SSSR count). The molecule has 1 nitrogen and oxygen atoms in total. The van der Waals surface area contributed by atoms with Gasteiger partial charge >= 0.3 is 0 Å². The van der Waals surface area contributed by atoms with Crippen LogP contribution in [0.4, 0.5) is 0 Å². The Bertz CT molecular complexity index is 376. The van der Waals surface area contributed by atoms with Gasteiger partial charge in [0.1, 0.15) is 0 Å². The number of thiophene rings is 1. The molecule has 1 N–H and O–H groups in total. The van der Waals surface area contributed by atoms with E-state index < -0.39 is 0 Å². The van der Waals surface area contributed by atoms with E-state index in [4.69, 9.17) is 0 Å². The summed E-state index contributed by atoms with van der Waals surface area (Å²) < 4.78 is 0. The second-order valence-electron chi connectivity index (χ2n) is 6.97. The minimum atomic E-state index is 0.532. The maximum absolute atomic E-state index is 3.75. The summed E-state index contributed by atoms with van der Waals surface area (Å²) in [4.78, 5) is 1.62. The Morgan fingerprint density at radius 1 is 1.33 bits per heavy atom. The first-order valence-electron chi connectivity index (χ1n) is 7.41. The molecular formula is C16H25NS. The van der Waals surface area contributed by atoms with Crippen molar-refractivity contribution in [3.8, 4) is 0 Å². The van der Waals surface area contributed by atoms with Gasteiger partial charge in [-0.1, -0.05) is 19.9 Å². The van der Waals surface area contributed by atoms with E-state index in [1.165, 1.54) is 38.6 Å². The molecule has 18 heavy (non-hydrogen) atoms. The first-order chi connectivity index (χ1) is 8.64. The molecule has 1 heterocycles. The highest BCUT2D eigenvalue weighted by Gasteiger charge is 2.36. The molecule has 100 valence electrons. The highest BCUT2D eigenvalue weighted by atomic mass is 32.1. The van der Waals surface area contributed by atoms with Crippen molar-refractivity contribution in [2.75, 3.05) is 6.54 Å². The third-order valence-electron chi connectivity index (χ3n) is 4.69. The second-order valence-corrected chi connectivity index (χ2v) is 7.95. The Kier molecular flexibility index (Phi) is 3.50. The molecule has 0 aliphatic heterocycles. The SMILES string of the molecule is CC1(C)CCC(CNC2CC2)C(c2cccs2)C1. The van der Waals surface area contributed by atoms with Crippen molar-refractivity contribution in [3.63, 3.8) is 0 Å². The maximum atomic E-state index is 3.75. The van der Waals surface area contributed by atoms with Gasteiger partial charge in [0.2, 0.25) is 0 Å². The third-order valence-corrected chi connectivity index (χ3v) is 5.69. The number of hydrogen-bond acceptors (Lipinski definition) is 2. The van der Waals surface area contributed by atoms with Crippen LogP contribution in [0.3, 0.4) is 0 Å². The van der Waals surface area contributed by atoms with Crippen molar-refractivity contribution < 1.29 is 0 Å². The molecule has 0 spiro atoms. The molecule has 2 aliphatic carbocycles. The average molecular weight is 263 g/mol. The lowest BCUT2D eigenvalue weighted by Crippen LogP contribution is -2.35. The largest absolute Gasteiger partial charge is 0.314 e. The van der Waals surface area contributed by atoms with Crippen molar-refractivity contribution in [1.29, 1.82) is 0 Å². The maximum Gasteiger partial charge on any atom is 0.00796 e. The van der Waals surface area contributed by atoms with Gasteiger partial charge in [-0.15, -0.1) is 11.3 Å². The molecule has 0 aromatic carbocycles. The summed E-state index contributed by atoms with van der Waals surface area (Å²) in [5.41, 5.74) is 0.532. The molecule has 0 saturated heterocycles. The Balaban J connectivity index is 1.69. The lowest BCUT2D eigenvalue weighted by Gasteiger charge is -2.40. The Hall–Kier alpha value is -0.340. The Labute approximate surface area is 115 Å². The van der Waals surface area contributed by atoms with E-state index in [0.717, 1.165) is 17.9 Å². The molecule has 1 aromatic heterocycles. The van der Waals surface area contributed by atoms with Gasteiger partial charge in [-0.25, -0.2) is 0 Å². The minimum Gasteiger partial charge on any atom is -0.314 e. The molecular weight excluding hydrogens is 238 g/mol. The first kappa shape index (κ1) is 12.7. The van der Waals surface area contributed by atoms with Gasteiger partial charge in [-0.05, 0) is 67.3 Å². The molecule has 2 fully saturated rings. The molecule has 0 amide bonds. The zero-order chi connectivity index (χ0) is 12.6. The normalized spacial score (nSPS) is 31.4. The number of rotatable bonds is 4. The summed E-state index contributed by atoms with van der Waals surface area (Å²) in [5.74, 6) is 1.65. The van der Waals surface area contributed by atoms with Crippen molar-refractivity contribution in [3.05, 3.63) is 22.4 Å². The predicted molar refractivity (Wildman–Crippen MR) is 79.2 cm³/mol. The zero-order valence-electron chi connectivity index (χ0n) is 11.6. The molecule has 2 unspecified atom stereocenters. The van der Waals surface area contributed by atoms with Gasteiger partial charge in [-0.3, -0.25) is 0 Å². The van der Waals surface area contributed by atoms with Crippen molar-refractivity contribution in [1.82, 2.24) is 5.32 Å². The van der Waals surface area contributed by atoms with Gasteiger partial charge in [-0.2, -0.15) is 0 Å². The summed E-state index contributed by atoms with van der Waals surface area (Å²) in [7, 11) is 0. The third kappa shape index (κ3) is 2.97. The van der Waals surface area contributed by atoms with E-state index in [1.807, 2.05) is 11.3 Å². The lowest BCUT2D eigenvalue weighted by atomic mass is 9.66. The van der Waals surface area contributed by atoms with Crippen LogP contribution in [0, 0.1) is 11.3 Å². The van der Waals surface area contributed by atoms with Gasteiger partial charge in [0.05, 0.1) is 0 Å². The lowest BCUT2D eigenvalue weighted by molar-refractivity contribution is 0.161. The fourth-order valence-electron chi connectivity index (χ4n) is 3.33. The van der Waals surface area contributed by atoms with E-state index in [1.54, 1.807) is 4.88 Å². The minimum absolute atomic E-state index is 0.532. The highest BCUT2D eigenvalue weighted by molar-refractivity contribution is 7.10. The van der Waals surface area contributed by atoms with Crippen molar-refractivity contribution in [2.45, 2.75) is 57.9 Å². The van der Waals surface area contributed by atoms with Gasteiger partial charge in [0.25, 0.3) is 0 Å². The highest BCUT2D eigenvalue weighted by Crippen LogP contribution is 2.47. The van der Waals surface area contributed by atoms with E-state index in [9.17, 15) is 0 Å². The van der Waals surface area contributed by atoms with E-state index in [-0.39, 0.29) is 0 Å². The molecule has 1 aromatic rings. The Morgan fingerprint density at radius 3 is 2.83 bits per heavy atom. The number of hydrogen-bond donors (Lipinski definition) is 1. The molecule has 2 saturated carbocycles. The van der Waals surface area contributed by atoms with E-state index in [2.05, 4.69) is 36.7 Å². The molecule has 2 aliphatic rings. The summed E-state index contributed by atoms with van der Waals surface area (Å²) in [6, 6.07) is 5.41. The smallest absolute Gasteiger partial charge is 0.00796 e. The number of nitrogens with one attached hydrogen (secondary N) is 1. The van der Waals surface area contributed by atoms with Crippen LogP contribution in [0.2, 0.25) is 0 Å². The van der Waals surface area contributed by atoms with Crippen LogP contribution in [-0.4, -0.2) is 12.6 Å². The van der Waals surface area contributed by atoms with Crippen LogP contribution in [-0.2, 0) is 0 Å². The topological polar surface area (TPSA) is 12.0 Å². The molecule has 0 bridgehead atoms. The molecule has 2 heteroatoms. The van der Waals surface area contributed by atoms with Gasteiger partial charge in [0, 0.05) is 10.9 Å². The van der Waals surface area contributed by atoms with Crippen LogP contribution >= 0.6 is 11.3 Å². The van der Waals surface area contributed by atoms with Crippen LogP contribution in [0.1, 0.15) is 56.7 Å². The average Bonchev–Trinajstić information content (AvgIpc) is 3.00. The monoisotopic (exact) mass is 263 g/mol. The standard InChI is InChI=1S/C16H25NS/c1-16(2)8-7-12(11-17-13-5-6-13)14(10-16)15-4-3-9-18-15/h3-4,9,12-14,17H,5-8,10-11H2,1-2H3. The zero-order valence-corrected chi connectivity index (χ0v) is 12.4. The van der Waals surface area contributed by atoms with Crippen LogP contribution in [0.5, 0.6) is 0 Å². The quantitative estimate of drug-likeness (QED) is 0.848. The van der Waals surface area contributed by atoms with E-state index in [0.29, 0.717) is 5.41 Å². The summed E-state index contributed by atoms with van der Waals surface area (Å²) in [6.45, 7) is 6.12. The first-order valence-corrected chi connectivity index (χ1v) is 8.29. The van der Waals surface area contributed by atoms with Gasteiger partial charge in [0.15, 0.2) is 0 Å².